The van der Waals surface area contributed by atoms with Gasteiger partial charge < -0.3 is 10.1 Å². The fourth-order valence-corrected chi connectivity index (χ4v) is 1.39. The van der Waals surface area contributed by atoms with Crippen LogP contribution in [0.4, 0.5) is 5.82 Å². The van der Waals surface area contributed by atoms with Crippen LogP contribution in [0.25, 0.3) is 0 Å². The van der Waals surface area contributed by atoms with Crippen LogP contribution in [0.2, 0.25) is 0 Å². The number of pyridine rings is 1. The van der Waals surface area contributed by atoms with E-state index in [1.54, 1.807) is 6.20 Å². The molecule has 0 aromatic carbocycles. The maximum absolute atomic E-state index is 5.62. The molecule has 2 aromatic rings. The highest BCUT2D eigenvalue weighted by molar-refractivity contribution is 5.37. The molecular formula is C12H16N4O. The Kier molecular flexibility index (Phi) is 3.27. The molecule has 0 atom stereocenters. The minimum Gasteiger partial charge on any atom is -0.436 e. The molecule has 2 aromatic heterocycles. The summed E-state index contributed by atoms with van der Waals surface area (Å²) in [6, 6.07) is 5.91. The number of anilines is 1. The molecule has 0 aliphatic rings. The molecule has 0 fully saturated rings. The van der Waals surface area contributed by atoms with E-state index in [1.807, 2.05) is 36.1 Å². The van der Waals surface area contributed by atoms with Crippen LogP contribution in [0.1, 0.15) is 19.9 Å². The van der Waals surface area contributed by atoms with Crippen molar-refractivity contribution in [3.8, 4) is 11.6 Å². The van der Waals surface area contributed by atoms with Gasteiger partial charge in [0.15, 0.2) is 5.75 Å². The second kappa shape index (κ2) is 4.86. The lowest BCUT2D eigenvalue weighted by atomic mass is 10.4. The number of nitrogens with zero attached hydrogens (tertiary/aromatic N) is 3. The van der Waals surface area contributed by atoms with E-state index in [-0.39, 0.29) is 0 Å². The highest BCUT2D eigenvalue weighted by Crippen LogP contribution is 2.20. The molecule has 0 radical (unpaired) electrons. The normalized spacial score (nSPS) is 10.6. The van der Waals surface area contributed by atoms with E-state index in [0.717, 1.165) is 5.82 Å². The highest BCUT2D eigenvalue weighted by Gasteiger charge is 2.04. The van der Waals surface area contributed by atoms with Gasteiger partial charge in [-0.05, 0) is 19.9 Å². The van der Waals surface area contributed by atoms with Crippen molar-refractivity contribution in [1.82, 2.24) is 14.8 Å². The number of rotatable bonds is 4. The van der Waals surface area contributed by atoms with Gasteiger partial charge in [-0.2, -0.15) is 10.1 Å². The summed E-state index contributed by atoms with van der Waals surface area (Å²) in [6.45, 7) is 4.13. The molecule has 5 nitrogen and oxygen atoms in total. The monoisotopic (exact) mass is 232 g/mol. The number of ether oxygens (including phenoxy) is 1. The van der Waals surface area contributed by atoms with Gasteiger partial charge in [-0.15, -0.1) is 0 Å². The van der Waals surface area contributed by atoms with Crippen LogP contribution < -0.4 is 10.1 Å². The van der Waals surface area contributed by atoms with Crippen molar-refractivity contribution in [3.63, 3.8) is 0 Å². The van der Waals surface area contributed by atoms with Crippen LogP contribution in [0.5, 0.6) is 11.6 Å². The fraction of sp³-hybridized carbons (Fsp3) is 0.333. The molecule has 0 unspecified atom stereocenters. The van der Waals surface area contributed by atoms with E-state index in [4.69, 9.17) is 4.74 Å². The zero-order valence-corrected chi connectivity index (χ0v) is 10.2. The molecular weight excluding hydrogens is 216 g/mol. The maximum Gasteiger partial charge on any atom is 0.221 e. The number of nitrogens with one attached hydrogen (secondary N) is 1. The third kappa shape index (κ3) is 2.75. The van der Waals surface area contributed by atoms with Crippen LogP contribution in [0, 0.1) is 0 Å². The number of hydrogen-bond acceptors (Lipinski definition) is 4. The van der Waals surface area contributed by atoms with Gasteiger partial charge in [-0.3, -0.25) is 4.68 Å². The third-order valence-electron chi connectivity index (χ3n) is 2.31. The summed E-state index contributed by atoms with van der Waals surface area (Å²) in [6.07, 6.45) is 3.55. The molecule has 0 saturated heterocycles. The van der Waals surface area contributed by atoms with Crippen molar-refractivity contribution in [2.75, 3.05) is 12.4 Å². The molecule has 0 saturated carbocycles. The number of aromatic nitrogens is 3. The molecule has 0 bridgehead atoms. The fourth-order valence-electron chi connectivity index (χ4n) is 1.39. The van der Waals surface area contributed by atoms with Gasteiger partial charge in [0, 0.05) is 19.2 Å². The molecule has 2 rings (SSSR count). The quantitative estimate of drug-likeness (QED) is 0.880. The first-order chi connectivity index (χ1) is 8.19. The van der Waals surface area contributed by atoms with Gasteiger partial charge in [-0.25, -0.2) is 0 Å². The van der Waals surface area contributed by atoms with Crippen LogP contribution in [-0.4, -0.2) is 21.8 Å². The molecule has 0 aliphatic carbocycles. The van der Waals surface area contributed by atoms with Crippen molar-refractivity contribution >= 4 is 5.82 Å². The van der Waals surface area contributed by atoms with Crippen molar-refractivity contribution in [2.24, 2.45) is 0 Å². The van der Waals surface area contributed by atoms with Crippen molar-refractivity contribution < 1.29 is 4.74 Å². The zero-order valence-electron chi connectivity index (χ0n) is 10.2. The Morgan fingerprint density at radius 1 is 1.35 bits per heavy atom. The van der Waals surface area contributed by atoms with Gasteiger partial charge in [-0.1, -0.05) is 6.07 Å². The standard InChI is InChI=1S/C12H16N4O/c1-9(2)16-8-10(7-14-16)17-12-6-4-5-11(13-3)15-12/h4-9H,1-3H3,(H,13,15). The minimum absolute atomic E-state index is 0.323. The van der Waals surface area contributed by atoms with Gasteiger partial charge in [0.1, 0.15) is 5.82 Å². The molecule has 2 heterocycles. The summed E-state index contributed by atoms with van der Waals surface area (Å²) in [5, 5.41) is 7.17. The first-order valence-electron chi connectivity index (χ1n) is 5.56. The Labute approximate surface area is 100 Å². The van der Waals surface area contributed by atoms with E-state index in [1.165, 1.54) is 0 Å². The lowest BCUT2D eigenvalue weighted by molar-refractivity contribution is 0.460. The predicted molar refractivity (Wildman–Crippen MR) is 66.5 cm³/mol. The topological polar surface area (TPSA) is 52.0 Å². The Bertz CT molecular complexity index is 493. The molecule has 90 valence electrons. The van der Waals surface area contributed by atoms with E-state index in [0.29, 0.717) is 17.7 Å². The van der Waals surface area contributed by atoms with Gasteiger partial charge in [0.2, 0.25) is 5.88 Å². The van der Waals surface area contributed by atoms with E-state index in [9.17, 15) is 0 Å². The highest BCUT2D eigenvalue weighted by atomic mass is 16.5. The van der Waals surface area contributed by atoms with Gasteiger partial charge in [0.05, 0.1) is 12.4 Å². The number of hydrogen-bond donors (Lipinski definition) is 1. The molecule has 5 heteroatoms. The lowest BCUT2D eigenvalue weighted by Gasteiger charge is -2.05. The Morgan fingerprint density at radius 2 is 2.18 bits per heavy atom. The maximum atomic E-state index is 5.62. The van der Waals surface area contributed by atoms with Gasteiger partial charge in [0.25, 0.3) is 0 Å². The summed E-state index contributed by atoms with van der Waals surface area (Å²) < 4.78 is 7.46. The summed E-state index contributed by atoms with van der Waals surface area (Å²) >= 11 is 0. The van der Waals surface area contributed by atoms with E-state index < -0.39 is 0 Å². The first-order valence-corrected chi connectivity index (χ1v) is 5.56. The third-order valence-corrected chi connectivity index (χ3v) is 2.31. The van der Waals surface area contributed by atoms with Crippen LogP contribution in [0.3, 0.4) is 0 Å². The Hall–Kier alpha value is -2.04. The zero-order chi connectivity index (χ0) is 12.3. The molecule has 0 spiro atoms. The van der Waals surface area contributed by atoms with Crippen molar-refractivity contribution in [3.05, 3.63) is 30.6 Å². The van der Waals surface area contributed by atoms with E-state index >= 15 is 0 Å². The summed E-state index contributed by atoms with van der Waals surface area (Å²) in [5.74, 6) is 2.03. The summed E-state index contributed by atoms with van der Waals surface area (Å²) in [5.41, 5.74) is 0. The Morgan fingerprint density at radius 3 is 2.82 bits per heavy atom. The smallest absolute Gasteiger partial charge is 0.221 e. The van der Waals surface area contributed by atoms with E-state index in [2.05, 4.69) is 29.2 Å². The van der Waals surface area contributed by atoms with Crippen molar-refractivity contribution in [1.29, 1.82) is 0 Å². The summed E-state index contributed by atoms with van der Waals surface area (Å²) in [7, 11) is 1.82. The van der Waals surface area contributed by atoms with Crippen molar-refractivity contribution in [2.45, 2.75) is 19.9 Å². The molecule has 0 amide bonds. The molecule has 0 aliphatic heterocycles. The summed E-state index contributed by atoms with van der Waals surface area (Å²) in [4.78, 5) is 4.27. The predicted octanol–water partition coefficient (Wildman–Crippen LogP) is 2.69. The van der Waals surface area contributed by atoms with Gasteiger partial charge >= 0.3 is 0 Å². The SMILES string of the molecule is CNc1cccc(Oc2cnn(C(C)C)c2)n1. The minimum atomic E-state index is 0.323. The average molecular weight is 232 g/mol. The Balaban J connectivity index is 2.13. The molecule has 17 heavy (non-hydrogen) atoms. The first kappa shape index (κ1) is 11.4. The molecule has 1 N–H and O–H groups in total. The average Bonchev–Trinajstić information content (AvgIpc) is 2.78. The largest absolute Gasteiger partial charge is 0.436 e. The second-order valence-corrected chi connectivity index (χ2v) is 3.96. The van der Waals surface area contributed by atoms with Crippen LogP contribution in [-0.2, 0) is 0 Å². The van der Waals surface area contributed by atoms with Crippen LogP contribution in [0.15, 0.2) is 30.6 Å². The van der Waals surface area contributed by atoms with Crippen LogP contribution >= 0.6 is 0 Å². The second-order valence-electron chi connectivity index (χ2n) is 3.96. The lowest BCUT2D eigenvalue weighted by Crippen LogP contribution is -1.99.